The first-order chi connectivity index (χ1) is 40.4. The van der Waals surface area contributed by atoms with Gasteiger partial charge in [-0.1, -0.05) is 76.6 Å². The number of ketones is 3. The van der Waals surface area contributed by atoms with Gasteiger partial charge >= 0.3 is 11.9 Å². The van der Waals surface area contributed by atoms with Gasteiger partial charge < -0.3 is 43.5 Å². The third-order valence-corrected chi connectivity index (χ3v) is 18.7. The highest BCUT2D eigenvalue weighted by atomic mass is 16.7. The summed E-state index contributed by atoms with van der Waals surface area (Å²) in [6.45, 7) is 16.4. The number of nitrogens with zero attached hydrogens (tertiary/aromatic N) is 3. The Kier molecular flexibility index (Phi) is 23.6. The van der Waals surface area contributed by atoms with Gasteiger partial charge in [0.25, 0.3) is 11.7 Å². The van der Waals surface area contributed by atoms with Crippen LogP contribution in [0.5, 0.6) is 0 Å². The van der Waals surface area contributed by atoms with Gasteiger partial charge in [-0.3, -0.25) is 33.8 Å². The molecule has 1 saturated carbocycles. The predicted molar refractivity (Wildman–Crippen MR) is 319 cm³/mol. The number of carbonyl (C=O) groups excluding carboxylic acids is 6. The van der Waals surface area contributed by atoms with Crippen LogP contribution in [-0.4, -0.2) is 150 Å². The van der Waals surface area contributed by atoms with Crippen molar-refractivity contribution < 1.29 is 72.2 Å². The highest BCUT2D eigenvalue weighted by molar-refractivity contribution is 6.39. The fourth-order valence-corrected chi connectivity index (χ4v) is 13.7. The van der Waals surface area contributed by atoms with Crippen LogP contribution in [0.4, 0.5) is 5.69 Å². The van der Waals surface area contributed by atoms with E-state index >= 15 is 0 Å². The number of Topliss-reactive ketones (excluding diaryl/α,β-unsaturated/α-hetero) is 3. The number of allylic oxidation sites excluding steroid dienone is 1. The summed E-state index contributed by atoms with van der Waals surface area (Å²) in [5, 5.41) is 25.3. The first-order valence-corrected chi connectivity index (χ1v) is 30.9. The average Bonchev–Trinajstić information content (AvgIpc) is 1.06. The van der Waals surface area contributed by atoms with Gasteiger partial charge in [0.15, 0.2) is 5.78 Å². The number of aliphatic hydroxyl groups is 2. The molecule has 17 atom stereocenters. The highest BCUT2D eigenvalue weighted by Gasteiger charge is 2.57. The lowest BCUT2D eigenvalue weighted by Crippen LogP contribution is -2.65. The topological polar surface area (TPSA) is 227 Å². The maximum Gasteiger partial charge on any atom is 0.329 e. The van der Waals surface area contributed by atoms with Gasteiger partial charge in [0, 0.05) is 76.8 Å². The Hall–Kier alpha value is -5.47. The van der Waals surface area contributed by atoms with Gasteiger partial charge in [0.1, 0.15) is 42.3 Å². The summed E-state index contributed by atoms with van der Waals surface area (Å²) in [5.74, 6) is -8.75. The average molecular weight is 1180 g/mol. The number of carbonyl (C=O) groups is 6. The number of anilines is 1. The van der Waals surface area contributed by atoms with E-state index in [4.69, 9.17) is 33.3 Å². The highest BCUT2D eigenvalue weighted by Crippen LogP contribution is 2.46. The lowest BCUT2D eigenvalue weighted by Gasteiger charge is -2.50. The molecule has 0 bridgehead atoms. The minimum Gasteiger partial charge on any atom is -0.460 e. The molecule has 1 aromatic carbocycles. The molecule has 0 radical (unpaired) electrons. The van der Waals surface area contributed by atoms with Crippen molar-refractivity contribution in [2.45, 2.75) is 212 Å². The molecule has 85 heavy (non-hydrogen) atoms. The minimum absolute atomic E-state index is 0.0397. The maximum absolute atomic E-state index is 14.9. The largest absolute Gasteiger partial charge is 0.460 e. The Morgan fingerprint density at radius 2 is 1.65 bits per heavy atom. The van der Waals surface area contributed by atoms with Crippen LogP contribution >= 0.6 is 0 Å². The second-order valence-electron chi connectivity index (χ2n) is 25.5. The van der Waals surface area contributed by atoms with Crippen molar-refractivity contribution >= 4 is 40.9 Å². The van der Waals surface area contributed by atoms with Gasteiger partial charge in [0.05, 0.1) is 35.5 Å². The molecule has 18 heteroatoms. The molecule has 18 nitrogen and oxygen atoms in total. The van der Waals surface area contributed by atoms with Gasteiger partial charge in [-0.25, -0.2) is 9.86 Å². The number of pyridine rings is 1. The summed E-state index contributed by atoms with van der Waals surface area (Å²) in [6, 6.07) is 14.4. The first-order valence-electron chi connectivity index (χ1n) is 30.9. The minimum atomic E-state index is -2.51. The number of benzene rings is 1. The molecule has 3 unspecified atom stereocenters. The molecule has 1 amide bonds. The summed E-state index contributed by atoms with van der Waals surface area (Å²) in [7, 11) is 4.51. The molecule has 0 spiro atoms. The number of para-hydroxylation sites is 1. The number of ether oxygens (including phenoxy) is 6. The standard InChI is InChI=1S/C67H95N3O15/c1-13-20-40(2)53-29-28-50(85-70(53)48-22-15-14-16-23-48)34-42(4)56(79-10)37-49-27-25-44(6)67(78,84-49)62(74)63(75)69-32-19-24-51-52(57(82-64(76)59(51)69)38-54(72)41(3)33-43(5)60(73)61(81-12)45(7)71)35-46-26-30-55(58(36-46)80-11)83-65(77)66(8,9)39-47-21-17-18-31-68-47/h14-18,21-23,28-29,31,33-34,40-41,44,46,49-53,55-61,73,78H,13,19-20,24-27,30,32,35-39H2,1-12H3/b42-34+,43-33+/t40-,41+,44+,46-,49-,50?,51?,52-,53?,55+,56-,57-,58+,59-,60+,61-,67+/m0/s1. The van der Waals surface area contributed by atoms with E-state index in [-0.39, 0.29) is 48.9 Å². The Morgan fingerprint density at radius 1 is 0.918 bits per heavy atom. The van der Waals surface area contributed by atoms with Gasteiger partial charge in [-0.2, -0.15) is 0 Å². The zero-order chi connectivity index (χ0) is 61.9. The fraction of sp³-hybridized carbons (Fsp3) is 0.657. The molecule has 1 aliphatic carbocycles. The Morgan fingerprint density at radius 3 is 2.31 bits per heavy atom. The van der Waals surface area contributed by atoms with Crippen LogP contribution in [-0.2, 0) is 68.4 Å². The van der Waals surface area contributed by atoms with Crippen molar-refractivity contribution in [2.24, 2.45) is 40.9 Å². The number of hydroxylamine groups is 1. The fourth-order valence-electron chi connectivity index (χ4n) is 13.7. The molecule has 2 N–H and O–H groups in total. The van der Waals surface area contributed by atoms with Crippen molar-refractivity contribution in [1.29, 1.82) is 0 Å². The van der Waals surface area contributed by atoms with Gasteiger partial charge in [0.2, 0.25) is 5.79 Å². The summed E-state index contributed by atoms with van der Waals surface area (Å²) in [5.41, 5.74) is 2.08. The van der Waals surface area contributed by atoms with E-state index in [0.717, 1.165) is 29.8 Å². The number of rotatable bonds is 26. The summed E-state index contributed by atoms with van der Waals surface area (Å²) in [6.07, 6.45) is 10.0. The second kappa shape index (κ2) is 30.0. The number of methoxy groups -OCH3 is 3. The number of aliphatic hydroxyl groups excluding tert-OH is 1. The number of aromatic nitrogens is 1. The van der Waals surface area contributed by atoms with Crippen LogP contribution in [0.15, 0.2) is 90.2 Å². The van der Waals surface area contributed by atoms with Crippen LogP contribution < -0.4 is 5.06 Å². The van der Waals surface area contributed by atoms with Gasteiger partial charge in [-0.15, -0.1) is 0 Å². The van der Waals surface area contributed by atoms with E-state index in [1.807, 2.05) is 80.4 Å². The molecule has 4 fully saturated rings. The Bertz CT molecular complexity index is 2700. The summed E-state index contributed by atoms with van der Waals surface area (Å²) in [4.78, 5) is 96.8. The van der Waals surface area contributed by atoms with Crippen molar-refractivity contribution in [3.63, 3.8) is 0 Å². The predicted octanol–water partition coefficient (Wildman–Crippen LogP) is 9.03. The third-order valence-electron chi connectivity index (χ3n) is 18.7. The molecule has 3 saturated heterocycles. The zero-order valence-corrected chi connectivity index (χ0v) is 52.2. The van der Waals surface area contributed by atoms with E-state index in [1.165, 1.54) is 18.9 Å². The number of cyclic esters (lactones) is 1. The maximum atomic E-state index is 14.9. The number of amides is 1. The van der Waals surface area contributed by atoms with Crippen LogP contribution in [0.25, 0.3) is 0 Å². The first kappa shape index (κ1) is 67.0. The lowest BCUT2D eigenvalue weighted by molar-refractivity contribution is -0.266. The molecule has 5 aliphatic rings. The van der Waals surface area contributed by atoms with E-state index in [9.17, 15) is 39.0 Å². The van der Waals surface area contributed by atoms with E-state index in [1.54, 1.807) is 47.3 Å². The van der Waals surface area contributed by atoms with Gasteiger partial charge in [-0.05, 0) is 152 Å². The molecule has 468 valence electrons. The summed E-state index contributed by atoms with van der Waals surface area (Å²) >= 11 is 0. The van der Waals surface area contributed by atoms with Crippen molar-refractivity contribution in [2.75, 3.05) is 32.9 Å². The normalized spacial score (nSPS) is 30.3. The molecular formula is C67H95N3O15. The Balaban J connectivity index is 1.08. The van der Waals surface area contributed by atoms with Crippen molar-refractivity contribution in [1.82, 2.24) is 9.88 Å². The van der Waals surface area contributed by atoms with E-state index in [0.29, 0.717) is 69.3 Å². The van der Waals surface area contributed by atoms with E-state index in [2.05, 4.69) is 31.0 Å². The third kappa shape index (κ3) is 16.2. The number of fused-ring (bicyclic) bond motifs is 1. The molecule has 4 aliphatic heterocycles. The van der Waals surface area contributed by atoms with Crippen LogP contribution in [0, 0.1) is 40.9 Å². The SMILES string of the molecule is CCC[C@H](C)C1C=CC(/C=C(\C)[C@H](C[C@@H]2CC[C@@H](C)[C@](O)(C(=O)C(=O)N3CCCC4[C@H]3C(=O)O[C@@H](CC(=O)[C@H](C)/C=C(\C)[C@@H](O)[C@@H](OC)C(C)=O)[C@H]4C[C@@H]3CC[C@@H](OC(=O)C(C)(C)Cc4ccccn4)[C@H](OC)C3)O2)OC)ON1c1ccccc1. The second-order valence-corrected chi connectivity index (χ2v) is 25.5. The Labute approximate surface area is 503 Å². The summed E-state index contributed by atoms with van der Waals surface area (Å²) < 4.78 is 36.2. The number of piperidine rings is 1. The molecule has 7 rings (SSSR count). The number of likely N-dealkylation sites (tertiary alicyclic amines) is 1. The quantitative estimate of drug-likeness (QED) is 0.0509. The smallest absolute Gasteiger partial charge is 0.329 e. The lowest BCUT2D eigenvalue weighted by atomic mass is 9.68. The molecule has 2 aromatic rings. The molecular weight excluding hydrogens is 1090 g/mol. The van der Waals surface area contributed by atoms with Crippen molar-refractivity contribution in [3.05, 3.63) is 95.9 Å². The molecule has 5 heterocycles. The molecule has 1 aromatic heterocycles. The number of hydrogen-bond acceptors (Lipinski definition) is 17. The monoisotopic (exact) mass is 1180 g/mol. The van der Waals surface area contributed by atoms with Crippen LogP contribution in [0.3, 0.4) is 0 Å². The van der Waals surface area contributed by atoms with E-state index < -0.39 is 107 Å². The van der Waals surface area contributed by atoms with Crippen LogP contribution in [0.2, 0.25) is 0 Å². The number of esters is 2. The van der Waals surface area contributed by atoms with Crippen LogP contribution in [0.1, 0.15) is 145 Å². The van der Waals surface area contributed by atoms with Crippen molar-refractivity contribution in [3.8, 4) is 0 Å². The number of hydrogen-bond donors (Lipinski definition) is 2. The zero-order valence-electron chi connectivity index (χ0n) is 52.2.